The van der Waals surface area contributed by atoms with E-state index in [1.165, 1.54) is 0 Å². The summed E-state index contributed by atoms with van der Waals surface area (Å²) in [5.74, 6) is 1.37. The van der Waals surface area contributed by atoms with Gasteiger partial charge in [-0.3, -0.25) is 0 Å². The molecule has 0 saturated carbocycles. The molecule has 1 aromatic heterocycles. The third-order valence-corrected chi connectivity index (χ3v) is 2.26. The fourth-order valence-electron chi connectivity index (χ4n) is 0.901. The summed E-state index contributed by atoms with van der Waals surface area (Å²) in [6, 6.07) is 0. The highest BCUT2D eigenvalue weighted by atomic mass is 16.4. The van der Waals surface area contributed by atoms with Crippen LogP contribution in [-0.2, 0) is 12.0 Å². The van der Waals surface area contributed by atoms with Crippen molar-refractivity contribution in [1.82, 2.24) is 15.5 Å². The van der Waals surface area contributed by atoms with E-state index in [4.69, 9.17) is 4.42 Å². The minimum atomic E-state index is -0.0149. The van der Waals surface area contributed by atoms with Gasteiger partial charge in [0.25, 0.3) is 0 Å². The van der Waals surface area contributed by atoms with E-state index in [1.54, 1.807) is 0 Å². The standard InChI is InChI=1S/C9H17N3O/c1-5-9(2,3)8-12-11-7(13-8)6-10-4/h10H,5-6H2,1-4H3. The minimum absolute atomic E-state index is 0.0149. The van der Waals surface area contributed by atoms with E-state index in [9.17, 15) is 0 Å². The van der Waals surface area contributed by atoms with E-state index in [0.717, 1.165) is 12.3 Å². The smallest absolute Gasteiger partial charge is 0.230 e. The zero-order valence-electron chi connectivity index (χ0n) is 8.72. The lowest BCUT2D eigenvalue weighted by Crippen LogP contribution is -2.15. The molecule has 0 aliphatic rings. The fourth-order valence-corrected chi connectivity index (χ4v) is 0.901. The van der Waals surface area contributed by atoms with Crippen molar-refractivity contribution in [3.63, 3.8) is 0 Å². The second kappa shape index (κ2) is 3.87. The average Bonchev–Trinajstić information content (AvgIpc) is 2.54. The maximum absolute atomic E-state index is 5.50. The Morgan fingerprint density at radius 3 is 2.62 bits per heavy atom. The summed E-state index contributed by atoms with van der Waals surface area (Å²) in [6.07, 6.45) is 0.994. The van der Waals surface area contributed by atoms with E-state index < -0.39 is 0 Å². The molecule has 0 bridgehead atoms. The van der Waals surface area contributed by atoms with Crippen molar-refractivity contribution in [3.8, 4) is 0 Å². The first-order valence-corrected chi connectivity index (χ1v) is 4.57. The van der Waals surface area contributed by atoms with Crippen LogP contribution in [0.5, 0.6) is 0 Å². The number of hydrogen-bond donors (Lipinski definition) is 1. The molecule has 13 heavy (non-hydrogen) atoms. The molecular formula is C9H17N3O. The maximum atomic E-state index is 5.50. The van der Waals surface area contributed by atoms with Crippen LogP contribution in [-0.4, -0.2) is 17.2 Å². The Kier molecular flexibility index (Phi) is 3.03. The largest absolute Gasteiger partial charge is 0.423 e. The van der Waals surface area contributed by atoms with Gasteiger partial charge in [0, 0.05) is 5.41 Å². The molecule has 0 radical (unpaired) electrons. The second-order valence-electron chi connectivity index (χ2n) is 3.77. The van der Waals surface area contributed by atoms with Crippen molar-refractivity contribution in [2.45, 2.75) is 39.2 Å². The summed E-state index contributed by atoms with van der Waals surface area (Å²) < 4.78 is 5.50. The van der Waals surface area contributed by atoms with Gasteiger partial charge in [-0.05, 0) is 13.5 Å². The van der Waals surface area contributed by atoms with Gasteiger partial charge in [0.05, 0.1) is 6.54 Å². The highest BCUT2D eigenvalue weighted by Gasteiger charge is 2.24. The number of nitrogens with one attached hydrogen (secondary N) is 1. The molecule has 74 valence electrons. The molecule has 0 fully saturated rings. The molecule has 1 N–H and O–H groups in total. The summed E-state index contributed by atoms with van der Waals surface area (Å²) >= 11 is 0. The molecule has 0 amide bonds. The predicted octanol–water partition coefficient (Wildman–Crippen LogP) is 1.48. The molecule has 0 atom stereocenters. The Balaban J connectivity index is 2.79. The summed E-state index contributed by atoms with van der Waals surface area (Å²) in [4.78, 5) is 0. The molecule has 0 aliphatic heterocycles. The number of nitrogens with zero attached hydrogens (tertiary/aromatic N) is 2. The first kappa shape index (κ1) is 10.2. The van der Waals surface area contributed by atoms with E-state index >= 15 is 0 Å². The van der Waals surface area contributed by atoms with Crippen LogP contribution in [0, 0.1) is 0 Å². The molecule has 1 aromatic rings. The molecule has 4 heteroatoms. The molecule has 0 saturated heterocycles. The average molecular weight is 183 g/mol. The number of aromatic nitrogens is 2. The van der Waals surface area contributed by atoms with Crippen molar-refractivity contribution in [3.05, 3.63) is 11.8 Å². The van der Waals surface area contributed by atoms with Gasteiger partial charge < -0.3 is 9.73 Å². The highest BCUT2D eigenvalue weighted by Crippen LogP contribution is 2.24. The second-order valence-corrected chi connectivity index (χ2v) is 3.77. The van der Waals surface area contributed by atoms with Gasteiger partial charge in [0.15, 0.2) is 0 Å². The van der Waals surface area contributed by atoms with Gasteiger partial charge in [0.2, 0.25) is 11.8 Å². The Hall–Kier alpha value is -0.900. The molecule has 0 spiro atoms. The van der Waals surface area contributed by atoms with Crippen LogP contribution in [0.2, 0.25) is 0 Å². The van der Waals surface area contributed by atoms with Crippen molar-refractivity contribution in [1.29, 1.82) is 0 Å². The van der Waals surface area contributed by atoms with E-state index in [0.29, 0.717) is 12.4 Å². The Bertz CT molecular complexity index is 268. The van der Waals surface area contributed by atoms with E-state index in [-0.39, 0.29) is 5.41 Å². The first-order valence-electron chi connectivity index (χ1n) is 4.57. The third kappa shape index (κ3) is 2.28. The molecule has 0 unspecified atom stereocenters. The van der Waals surface area contributed by atoms with Crippen LogP contribution in [0.1, 0.15) is 39.0 Å². The molecule has 0 aliphatic carbocycles. The molecule has 0 aromatic carbocycles. The van der Waals surface area contributed by atoms with Gasteiger partial charge in [0.1, 0.15) is 0 Å². The Morgan fingerprint density at radius 2 is 2.08 bits per heavy atom. The molecule has 4 nitrogen and oxygen atoms in total. The van der Waals surface area contributed by atoms with Crippen molar-refractivity contribution >= 4 is 0 Å². The van der Waals surface area contributed by atoms with E-state index in [2.05, 4.69) is 36.3 Å². The number of hydrogen-bond acceptors (Lipinski definition) is 4. The molecular weight excluding hydrogens is 166 g/mol. The van der Waals surface area contributed by atoms with Gasteiger partial charge >= 0.3 is 0 Å². The van der Waals surface area contributed by atoms with Gasteiger partial charge in [-0.15, -0.1) is 10.2 Å². The van der Waals surface area contributed by atoms with Crippen LogP contribution in [0.25, 0.3) is 0 Å². The van der Waals surface area contributed by atoms with Gasteiger partial charge in [-0.2, -0.15) is 0 Å². The quantitative estimate of drug-likeness (QED) is 0.768. The van der Waals surface area contributed by atoms with Gasteiger partial charge in [-0.25, -0.2) is 0 Å². The van der Waals surface area contributed by atoms with Crippen LogP contribution < -0.4 is 5.32 Å². The lowest BCUT2D eigenvalue weighted by Gasteiger charge is -2.16. The Morgan fingerprint density at radius 1 is 1.38 bits per heavy atom. The number of rotatable bonds is 4. The summed E-state index contributed by atoms with van der Waals surface area (Å²) in [5.41, 5.74) is -0.0149. The summed E-state index contributed by atoms with van der Waals surface area (Å²) in [7, 11) is 1.86. The highest BCUT2D eigenvalue weighted by molar-refractivity contribution is 4.98. The lowest BCUT2D eigenvalue weighted by atomic mass is 9.90. The molecule has 1 rings (SSSR count). The zero-order chi connectivity index (χ0) is 9.90. The predicted molar refractivity (Wildman–Crippen MR) is 50.4 cm³/mol. The van der Waals surface area contributed by atoms with Crippen LogP contribution in [0.15, 0.2) is 4.42 Å². The van der Waals surface area contributed by atoms with Crippen LogP contribution in [0.4, 0.5) is 0 Å². The first-order chi connectivity index (χ1) is 6.10. The lowest BCUT2D eigenvalue weighted by molar-refractivity contribution is 0.341. The normalized spacial score (nSPS) is 12.0. The Labute approximate surface area is 78.7 Å². The van der Waals surface area contributed by atoms with E-state index in [1.807, 2.05) is 7.05 Å². The van der Waals surface area contributed by atoms with Crippen molar-refractivity contribution < 1.29 is 4.42 Å². The fraction of sp³-hybridized carbons (Fsp3) is 0.778. The van der Waals surface area contributed by atoms with Crippen LogP contribution in [0.3, 0.4) is 0 Å². The third-order valence-electron chi connectivity index (χ3n) is 2.26. The minimum Gasteiger partial charge on any atom is -0.423 e. The van der Waals surface area contributed by atoms with Crippen molar-refractivity contribution in [2.75, 3.05) is 7.05 Å². The summed E-state index contributed by atoms with van der Waals surface area (Å²) in [6.45, 7) is 6.95. The monoisotopic (exact) mass is 183 g/mol. The van der Waals surface area contributed by atoms with Gasteiger partial charge in [-0.1, -0.05) is 20.8 Å². The molecule has 1 heterocycles. The van der Waals surface area contributed by atoms with Crippen molar-refractivity contribution in [2.24, 2.45) is 0 Å². The maximum Gasteiger partial charge on any atom is 0.230 e. The SMILES string of the molecule is CCC(C)(C)c1nnc(CNC)o1. The summed E-state index contributed by atoms with van der Waals surface area (Å²) in [5, 5.41) is 10.9. The topological polar surface area (TPSA) is 51.0 Å². The zero-order valence-corrected chi connectivity index (χ0v) is 8.72. The van der Waals surface area contributed by atoms with Crippen LogP contribution >= 0.6 is 0 Å².